The molecule has 9 heavy (non-hydrogen) atoms. The number of aryl methyl sites for hydroxylation is 1. The highest BCUT2D eigenvalue weighted by Gasteiger charge is 1.92. The minimum Gasteiger partial charge on any atom is -0.143 e. The predicted molar refractivity (Wildman–Crippen MR) is 38.2 cm³/mol. The molecule has 3 heteroatoms. The van der Waals surface area contributed by atoms with E-state index in [9.17, 15) is 0 Å². The van der Waals surface area contributed by atoms with E-state index in [-0.39, 0.29) is 0 Å². The molecule has 0 amide bonds. The van der Waals surface area contributed by atoms with E-state index in [4.69, 9.17) is 0 Å². The molecule has 0 aromatic carbocycles. The van der Waals surface area contributed by atoms with Crippen molar-refractivity contribution in [3.05, 3.63) is 18.0 Å². The molecule has 0 saturated heterocycles. The molecule has 1 rings (SSSR count). The van der Waals surface area contributed by atoms with Crippen LogP contribution in [0, 0.1) is 6.92 Å². The fraction of sp³-hybridized carbons (Fsp3) is 0.500. The van der Waals surface area contributed by atoms with Gasteiger partial charge in [0.25, 0.3) is 0 Å². The van der Waals surface area contributed by atoms with Gasteiger partial charge in [0.1, 0.15) is 0 Å². The maximum absolute atomic E-state index is 3.89. The molecule has 2 nitrogen and oxygen atoms in total. The molecule has 0 fully saturated rings. The van der Waals surface area contributed by atoms with E-state index in [0.717, 1.165) is 25.0 Å². The minimum absolute atomic E-state index is 0.984. The van der Waals surface area contributed by atoms with Crippen molar-refractivity contribution in [2.75, 3.05) is 0 Å². The van der Waals surface area contributed by atoms with Crippen molar-refractivity contribution in [1.29, 1.82) is 0 Å². The molecule has 49 valence electrons. The van der Waals surface area contributed by atoms with Crippen molar-refractivity contribution in [3.8, 4) is 0 Å². The largest absolute Gasteiger partial charge is 0.143 e. The Bertz CT molecular complexity index is 148. The maximum Gasteiger partial charge on any atom is 0.0755 e. The first kappa shape index (κ1) is 6.68. The summed E-state index contributed by atoms with van der Waals surface area (Å²) < 4.78 is 3.75. The lowest BCUT2D eigenvalue weighted by molar-refractivity contribution is 0.809. The van der Waals surface area contributed by atoms with Gasteiger partial charge >= 0.3 is 0 Å². The van der Waals surface area contributed by atoms with Crippen LogP contribution in [0.2, 0.25) is 0 Å². The lowest BCUT2D eigenvalue weighted by atomic mass is 10.2. The lowest BCUT2D eigenvalue weighted by Gasteiger charge is -1.88. The second-order valence-electron chi connectivity index (χ2n) is 1.85. The Labute approximate surface area is 59.1 Å². The van der Waals surface area contributed by atoms with Gasteiger partial charge in [-0.15, -0.1) is 5.10 Å². The van der Waals surface area contributed by atoms with Gasteiger partial charge in [0.15, 0.2) is 0 Å². The number of aromatic nitrogens is 2. The van der Waals surface area contributed by atoms with E-state index in [1.165, 1.54) is 11.5 Å². The van der Waals surface area contributed by atoms with Gasteiger partial charge in [-0.1, -0.05) is 17.8 Å². The van der Waals surface area contributed by atoms with E-state index in [1.807, 2.05) is 5.38 Å². The first-order valence-electron chi connectivity index (χ1n) is 2.98. The summed E-state index contributed by atoms with van der Waals surface area (Å²) in [5.74, 6) is 0. The van der Waals surface area contributed by atoms with Crippen LogP contribution in [0.1, 0.15) is 18.5 Å². The zero-order valence-electron chi connectivity index (χ0n) is 5.21. The lowest BCUT2D eigenvalue weighted by Crippen LogP contribution is -1.83. The van der Waals surface area contributed by atoms with Crippen LogP contribution >= 0.6 is 11.5 Å². The maximum atomic E-state index is 3.89. The zero-order chi connectivity index (χ0) is 6.53. The van der Waals surface area contributed by atoms with Gasteiger partial charge in [-0.25, -0.2) is 0 Å². The summed E-state index contributed by atoms with van der Waals surface area (Å²) >= 11 is 1.41. The van der Waals surface area contributed by atoms with Gasteiger partial charge in [0.05, 0.1) is 5.69 Å². The van der Waals surface area contributed by atoms with Crippen molar-refractivity contribution >= 4 is 11.5 Å². The average Bonchev–Trinajstić information content (AvgIpc) is 2.34. The van der Waals surface area contributed by atoms with Crippen LogP contribution in [0.3, 0.4) is 0 Å². The molecule has 1 aromatic heterocycles. The Balaban J connectivity index is 2.30. The highest BCUT2D eigenvalue weighted by Crippen LogP contribution is 2.01. The second kappa shape index (κ2) is 3.56. The van der Waals surface area contributed by atoms with E-state index in [2.05, 4.69) is 16.5 Å². The molecule has 0 bridgehead atoms. The molecule has 0 aliphatic carbocycles. The number of unbranched alkanes of at least 4 members (excludes halogenated alkanes) is 1. The molecule has 0 saturated carbocycles. The number of rotatable bonds is 3. The molecular weight excluding hydrogens is 132 g/mol. The van der Waals surface area contributed by atoms with Crippen molar-refractivity contribution in [1.82, 2.24) is 9.59 Å². The van der Waals surface area contributed by atoms with Crippen molar-refractivity contribution in [2.45, 2.75) is 19.3 Å². The van der Waals surface area contributed by atoms with E-state index in [0.29, 0.717) is 0 Å². The van der Waals surface area contributed by atoms with Crippen LogP contribution in [0.25, 0.3) is 0 Å². The topological polar surface area (TPSA) is 25.8 Å². The van der Waals surface area contributed by atoms with Gasteiger partial charge in [-0.3, -0.25) is 0 Å². The van der Waals surface area contributed by atoms with E-state index < -0.39 is 0 Å². The van der Waals surface area contributed by atoms with Crippen molar-refractivity contribution in [2.24, 2.45) is 0 Å². The molecule has 0 spiro atoms. The van der Waals surface area contributed by atoms with Crippen LogP contribution in [0.5, 0.6) is 0 Å². The summed E-state index contributed by atoms with van der Waals surface area (Å²) in [4.78, 5) is 0. The normalized spacial score (nSPS) is 9.89. The molecule has 0 unspecified atom stereocenters. The molecule has 1 heterocycles. The highest BCUT2D eigenvalue weighted by atomic mass is 32.1. The predicted octanol–water partition coefficient (Wildman–Crippen LogP) is 1.69. The standard InChI is InChI=1S/C6H9N2S/c1-2-3-4-6-5-9-8-7-6/h5H,1-4H2. The summed E-state index contributed by atoms with van der Waals surface area (Å²) in [5.41, 5.74) is 1.10. The first-order valence-corrected chi connectivity index (χ1v) is 3.82. The number of hydrogen-bond acceptors (Lipinski definition) is 3. The van der Waals surface area contributed by atoms with Crippen LogP contribution in [-0.2, 0) is 6.42 Å². The van der Waals surface area contributed by atoms with Gasteiger partial charge in [-0.05, 0) is 24.4 Å². The smallest absolute Gasteiger partial charge is 0.0755 e. The van der Waals surface area contributed by atoms with E-state index in [1.54, 1.807) is 0 Å². The summed E-state index contributed by atoms with van der Waals surface area (Å²) in [6.45, 7) is 3.74. The van der Waals surface area contributed by atoms with Crippen molar-refractivity contribution in [3.63, 3.8) is 0 Å². The molecule has 0 atom stereocenters. The second-order valence-corrected chi connectivity index (χ2v) is 2.46. The molecule has 1 aromatic rings. The summed E-state index contributed by atoms with van der Waals surface area (Å²) in [6, 6.07) is 0. The van der Waals surface area contributed by atoms with Crippen LogP contribution in [-0.4, -0.2) is 9.59 Å². The molecule has 0 aliphatic heterocycles. The van der Waals surface area contributed by atoms with Gasteiger partial charge in [0, 0.05) is 5.38 Å². The summed E-state index contributed by atoms with van der Waals surface area (Å²) in [6.07, 6.45) is 3.13. The average molecular weight is 141 g/mol. The molecule has 1 radical (unpaired) electrons. The Morgan fingerprint density at radius 3 is 3.11 bits per heavy atom. The third kappa shape index (κ3) is 2.10. The fourth-order valence-electron chi connectivity index (χ4n) is 0.599. The van der Waals surface area contributed by atoms with Gasteiger partial charge < -0.3 is 0 Å². The van der Waals surface area contributed by atoms with Gasteiger partial charge in [0.2, 0.25) is 0 Å². The minimum atomic E-state index is 0.984. The van der Waals surface area contributed by atoms with Crippen LogP contribution < -0.4 is 0 Å². The zero-order valence-corrected chi connectivity index (χ0v) is 6.02. The van der Waals surface area contributed by atoms with Crippen LogP contribution in [0.4, 0.5) is 0 Å². The Hall–Kier alpha value is -0.440. The summed E-state index contributed by atoms with van der Waals surface area (Å²) in [7, 11) is 0. The Morgan fingerprint density at radius 1 is 1.67 bits per heavy atom. The fourth-order valence-corrected chi connectivity index (χ4v) is 1.08. The molecule has 0 aliphatic rings. The Morgan fingerprint density at radius 2 is 2.56 bits per heavy atom. The van der Waals surface area contributed by atoms with Crippen molar-refractivity contribution < 1.29 is 0 Å². The third-order valence-corrected chi connectivity index (χ3v) is 1.64. The monoisotopic (exact) mass is 141 g/mol. The molecule has 0 N–H and O–H groups in total. The van der Waals surface area contributed by atoms with E-state index >= 15 is 0 Å². The van der Waals surface area contributed by atoms with Crippen LogP contribution in [0.15, 0.2) is 5.38 Å². The third-order valence-electron chi connectivity index (χ3n) is 1.09. The summed E-state index contributed by atoms with van der Waals surface area (Å²) in [5, 5.41) is 5.88. The van der Waals surface area contributed by atoms with Gasteiger partial charge in [-0.2, -0.15) is 0 Å². The SMILES string of the molecule is [CH2]CCCc1csnn1. The molecular formula is C6H9N2S. The highest BCUT2D eigenvalue weighted by molar-refractivity contribution is 7.03. The quantitative estimate of drug-likeness (QED) is 0.640. The Kier molecular flexibility index (Phi) is 2.64. The number of hydrogen-bond donors (Lipinski definition) is 0. The first-order chi connectivity index (χ1) is 4.43. The number of nitrogens with zero attached hydrogens (tertiary/aromatic N) is 2.